The second kappa shape index (κ2) is 7.26. The molecular formula is C26H27FO3. The maximum atomic E-state index is 14.8. The molecule has 2 aromatic rings. The van der Waals surface area contributed by atoms with Gasteiger partial charge in [-0.05, 0) is 86.8 Å². The molecular weight excluding hydrogens is 379 g/mol. The van der Waals surface area contributed by atoms with Crippen molar-refractivity contribution in [3.05, 3.63) is 72.1 Å². The van der Waals surface area contributed by atoms with Gasteiger partial charge in [-0.1, -0.05) is 24.8 Å². The molecule has 0 atom stereocenters. The third-order valence-corrected chi connectivity index (χ3v) is 7.42. The van der Waals surface area contributed by atoms with Gasteiger partial charge in [-0.2, -0.15) is 0 Å². The van der Waals surface area contributed by atoms with Crippen LogP contribution < -0.4 is 9.47 Å². The normalized spacial score (nSPS) is 31.4. The highest BCUT2D eigenvalue weighted by Crippen LogP contribution is 2.61. The largest absolute Gasteiger partial charge is 0.479 e. The van der Waals surface area contributed by atoms with E-state index in [0.29, 0.717) is 17.6 Å². The molecule has 4 saturated carbocycles. The topological polar surface area (TPSA) is 35.5 Å². The third kappa shape index (κ3) is 3.13. The van der Waals surface area contributed by atoms with E-state index in [0.717, 1.165) is 43.1 Å². The van der Waals surface area contributed by atoms with Gasteiger partial charge in [0.15, 0.2) is 11.6 Å². The van der Waals surface area contributed by atoms with Gasteiger partial charge in [0.25, 0.3) is 0 Å². The Morgan fingerprint density at radius 2 is 1.63 bits per heavy atom. The van der Waals surface area contributed by atoms with Crippen molar-refractivity contribution < 1.29 is 18.7 Å². The number of carbonyl (C=O) groups excluding carboxylic acids is 1. The van der Waals surface area contributed by atoms with Crippen molar-refractivity contribution >= 4 is 5.97 Å². The van der Waals surface area contributed by atoms with E-state index < -0.39 is 17.4 Å². The molecule has 3 nitrogen and oxygen atoms in total. The van der Waals surface area contributed by atoms with Crippen molar-refractivity contribution in [1.29, 1.82) is 0 Å². The summed E-state index contributed by atoms with van der Waals surface area (Å²) >= 11 is 0. The summed E-state index contributed by atoms with van der Waals surface area (Å²) in [6.07, 6.45) is 5.82. The average molecular weight is 406 g/mol. The molecule has 4 aliphatic rings. The first kappa shape index (κ1) is 19.3. The van der Waals surface area contributed by atoms with Crippen LogP contribution in [0.5, 0.6) is 11.5 Å². The summed E-state index contributed by atoms with van der Waals surface area (Å²) in [5.41, 5.74) is 0.694. The summed E-state index contributed by atoms with van der Waals surface area (Å²) in [5.74, 6) is 1.85. The second-order valence-electron chi connectivity index (χ2n) is 9.33. The lowest BCUT2D eigenvalue weighted by molar-refractivity contribution is -0.135. The van der Waals surface area contributed by atoms with Crippen LogP contribution in [0.4, 0.5) is 4.39 Å². The monoisotopic (exact) mass is 406 g/mol. The number of esters is 1. The van der Waals surface area contributed by atoms with Gasteiger partial charge >= 0.3 is 5.97 Å². The molecule has 0 aliphatic heterocycles. The molecule has 0 aromatic heterocycles. The van der Waals surface area contributed by atoms with Crippen LogP contribution >= 0.6 is 0 Å². The zero-order valence-corrected chi connectivity index (χ0v) is 17.3. The molecule has 0 spiro atoms. The van der Waals surface area contributed by atoms with E-state index in [-0.39, 0.29) is 11.3 Å². The fourth-order valence-corrected chi connectivity index (χ4v) is 6.38. The molecule has 6 rings (SSSR count). The average Bonchev–Trinajstić information content (AvgIpc) is 2.72. The fourth-order valence-electron chi connectivity index (χ4n) is 6.38. The maximum absolute atomic E-state index is 14.8. The minimum absolute atomic E-state index is 0.119. The van der Waals surface area contributed by atoms with Gasteiger partial charge in [0, 0.05) is 11.8 Å². The van der Waals surface area contributed by atoms with Crippen molar-refractivity contribution in [1.82, 2.24) is 0 Å². The molecule has 4 fully saturated rings. The Labute approximate surface area is 176 Å². The Morgan fingerprint density at radius 3 is 2.23 bits per heavy atom. The number of halogens is 1. The number of ether oxygens (including phenoxy) is 2. The van der Waals surface area contributed by atoms with Crippen LogP contribution in [0.25, 0.3) is 0 Å². The van der Waals surface area contributed by atoms with Gasteiger partial charge < -0.3 is 9.47 Å². The first-order valence-electron chi connectivity index (χ1n) is 10.9. The minimum Gasteiger partial charge on any atom is -0.479 e. The van der Waals surface area contributed by atoms with Crippen LogP contribution in [-0.4, -0.2) is 11.6 Å². The molecule has 4 aliphatic carbocycles. The summed E-state index contributed by atoms with van der Waals surface area (Å²) in [6.45, 7) is 6.28. The van der Waals surface area contributed by atoms with E-state index in [1.54, 1.807) is 24.3 Å². The maximum Gasteiger partial charge on any atom is 0.343 e. The van der Waals surface area contributed by atoms with E-state index in [2.05, 4.69) is 6.58 Å². The summed E-state index contributed by atoms with van der Waals surface area (Å²) < 4.78 is 26.8. The number of hydrogen-bond acceptors (Lipinski definition) is 3. The van der Waals surface area contributed by atoms with Gasteiger partial charge in [-0.25, -0.2) is 9.18 Å². The van der Waals surface area contributed by atoms with Crippen LogP contribution in [0.1, 0.15) is 49.4 Å². The molecule has 30 heavy (non-hydrogen) atoms. The minimum atomic E-state index is -0.545. The Morgan fingerprint density at radius 1 is 1.00 bits per heavy atom. The molecule has 4 heteroatoms. The lowest BCUT2D eigenvalue weighted by Gasteiger charge is -2.61. The molecule has 0 radical (unpaired) electrons. The Balaban J connectivity index is 1.44. The quantitative estimate of drug-likeness (QED) is 0.337. The van der Waals surface area contributed by atoms with Crippen LogP contribution in [0, 0.1) is 29.5 Å². The molecule has 0 N–H and O–H groups in total. The first-order chi connectivity index (χ1) is 14.5. The molecule has 2 aromatic carbocycles. The molecule has 0 amide bonds. The van der Waals surface area contributed by atoms with Crippen molar-refractivity contribution in [3.8, 4) is 11.5 Å². The smallest absolute Gasteiger partial charge is 0.343 e. The lowest BCUT2D eigenvalue weighted by Crippen LogP contribution is -2.61. The van der Waals surface area contributed by atoms with E-state index >= 15 is 0 Å². The Kier molecular flexibility index (Phi) is 4.68. The van der Waals surface area contributed by atoms with Crippen LogP contribution in [0.15, 0.2) is 60.7 Å². The highest BCUT2D eigenvalue weighted by Gasteiger charge is 2.59. The van der Waals surface area contributed by atoms with Crippen LogP contribution in [0.2, 0.25) is 0 Å². The SMILES string of the molecule is C=C(C)C1(Oc2cc(C(=O)Oc3ccccc3)ccc2F)C2CC3CC(C2)CC1C3. The number of para-hydroxylation sites is 1. The molecule has 156 valence electrons. The molecule has 0 unspecified atom stereocenters. The lowest BCUT2D eigenvalue weighted by atomic mass is 9.48. The predicted molar refractivity (Wildman–Crippen MR) is 113 cm³/mol. The summed E-state index contributed by atoms with van der Waals surface area (Å²) in [4.78, 5) is 12.6. The molecule has 0 saturated heterocycles. The first-order valence-corrected chi connectivity index (χ1v) is 10.9. The van der Waals surface area contributed by atoms with E-state index in [1.165, 1.54) is 24.6 Å². The third-order valence-electron chi connectivity index (χ3n) is 7.42. The van der Waals surface area contributed by atoms with Gasteiger partial charge in [0.2, 0.25) is 0 Å². The zero-order chi connectivity index (χ0) is 20.9. The Bertz CT molecular complexity index is 953. The van der Waals surface area contributed by atoms with E-state index in [9.17, 15) is 9.18 Å². The summed E-state index contributed by atoms with van der Waals surface area (Å²) in [7, 11) is 0. The molecule has 0 heterocycles. The standard InChI is InChI=1S/C26H27FO3/c1-16(2)26(20-11-17-10-18(13-20)14-21(26)12-17)30-24-15-19(8-9-23(24)27)25(28)29-22-6-4-3-5-7-22/h3-9,15,17-18,20-21H,1,10-14H2,2H3. The summed E-state index contributed by atoms with van der Waals surface area (Å²) in [6, 6.07) is 13.1. The van der Waals surface area contributed by atoms with Crippen molar-refractivity contribution in [2.75, 3.05) is 0 Å². The molecule has 4 bridgehead atoms. The number of hydrogen-bond donors (Lipinski definition) is 0. The van der Waals surface area contributed by atoms with Gasteiger partial charge in [0.05, 0.1) is 5.56 Å². The van der Waals surface area contributed by atoms with Crippen molar-refractivity contribution in [2.45, 2.75) is 44.6 Å². The highest BCUT2D eigenvalue weighted by atomic mass is 19.1. The highest BCUT2D eigenvalue weighted by molar-refractivity contribution is 5.91. The van der Waals surface area contributed by atoms with Crippen LogP contribution in [-0.2, 0) is 0 Å². The fraction of sp³-hybridized carbons (Fsp3) is 0.423. The summed E-state index contributed by atoms with van der Waals surface area (Å²) in [5, 5.41) is 0. The zero-order valence-electron chi connectivity index (χ0n) is 17.3. The van der Waals surface area contributed by atoms with E-state index in [4.69, 9.17) is 9.47 Å². The van der Waals surface area contributed by atoms with Crippen LogP contribution in [0.3, 0.4) is 0 Å². The van der Waals surface area contributed by atoms with Crippen molar-refractivity contribution in [3.63, 3.8) is 0 Å². The Hall–Kier alpha value is -2.62. The predicted octanol–water partition coefficient (Wildman–Crippen LogP) is 6.19. The van der Waals surface area contributed by atoms with Gasteiger partial charge in [0.1, 0.15) is 11.4 Å². The van der Waals surface area contributed by atoms with E-state index in [1.807, 2.05) is 13.0 Å². The number of benzene rings is 2. The second-order valence-corrected chi connectivity index (χ2v) is 9.33. The number of carbonyl (C=O) groups is 1. The number of rotatable bonds is 5. The van der Waals surface area contributed by atoms with Crippen molar-refractivity contribution in [2.24, 2.45) is 23.7 Å². The van der Waals surface area contributed by atoms with Gasteiger partial charge in [-0.3, -0.25) is 0 Å². The van der Waals surface area contributed by atoms with Gasteiger partial charge in [-0.15, -0.1) is 0 Å².